The molecule has 0 aromatic carbocycles. The zero-order chi connectivity index (χ0) is 10.1. The molecule has 0 bridgehead atoms. The number of carboxylic acid groups (broad SMARTS) is 1. The van der Waals surface area contributed by atoms with Crippen molar-refractivity contribution in [2.75, 3.05) is 12.5 Å². The summed E-state index contributed by atoms with van der Waals surface area (Å²) < 4.78 is 5.30. The van der Waals surface area contributed by atoms with Crippen LogP contribution in [0.1, 0.15) is 19.3 Å². The maximum Gasteiger partial charge on any atom is 0.327 e. The molecule has 1 atom stereocenters. The Morgan fingerprint density at radius 2 is 2.31 bits per heavy atom. The second-order valence-electron chi connectivity index (χ2n) is 2.69. The van der Waals surface area contributed by atoms with Crippen LogP contribution in [-0.4, -0.2) is 29.7 Å². The standard InChI is InChI=1S/C6H11ClO.C3H4O2/c7-5-6-3-1-2-4-8-6;1-2-3(4)5/h6H,1-5H2;2H,1H2,(H,4,5). The first-order valence-electron chi connectivity index (χ1n) is 4.23. The third-order valence-corrected chi connectivity index (χ3v) is 1.96. The van der Waals surface area contributed by atoms with E-state index in [4.69, 9.17) is 21.4 Å². The van der Waals surface area contributed by atoms with Crippen LogP contribution in [0.2, 0.25) is 0 Å². The quantitative estimate of drug-likeness (QED) is 0.556. The van der Waals surface area contributed by atoms with Crippen molar-refractivity contribution in [3.63, 3.8) is 0 Å². The van der Waals surface area contributed by atoms with Crippen LogP contribution >= 0.6 is 11.6 Å². The molecule has 1 saturated heterocycles. The molecule has 1 fully saturated rings. The van der Waals surface area contributed by atoms with E-state index in [1.165, 1.54) is 12.8 Å². The van der Waals surface area contributed by atoms with Crippen LogP contribution in [0.4, 0.5) is 0 Å². The van der Waals surface area contributed by atoms with E-state index in [2.05, 4.69) is 6.58 Å². The van der Waals surface area contributed by atoms with E-state index in [1.807, 2.05) is 0 Å². The molecule has 0 radical (unpaired) electrons. The summed E-state index contributed by atoms with van der Waals surface area (Å²) in [6.07, 6.45) is 4.85. The highest BCUT2D eigenvalue weighted by Gasteiger charge is 2.10. The first-order chi connectivity index (χ1) is 6.20. The fourth-order valence-electron chi connectivity index (χ4n) is 0.929. The van der Waals surface area contributed by atoms with Crippen molar-refractivity contribution in [2.45, 2.75) is 25.4 Å². The van der Waals surface area contributed by atoms with Crippen LogP contribution in [0.5, 0.6) is 0 Å². The summed E-state index contributed by atoms with van der Waals surface area (Å²) >= 11 is 5.56. The van der Waals surface area contributed by atoms with Gasteiger partial charge in [0.05, 0.1) is 6.10 Å². The van der Waals surface area contributed by atoms with Gasteiger partial charge in [-0.15, -0.1) is 11.6 Å². The molecular weight excluding hydrogens is 192 g/mol. The Bertz CT molecular complexity index is 153. The number of halogens is 1. The monoisotopic (exact) mass is 206 g/mol. The molecule has 1 aliphatic rings. The molecule has 1 rings (SSSR count). The van der Waals surface area contributed by atoms with Gasteiger partial charge in [-0.2, -0.15) is 0 Å². The SMILES string of the molecule is C=CC(=O)O.ClCC1CCCCO1. The predicted molar refractivity (Wildman–Crippen MR) is 52.1 cm³/mol. The smallest absolute Gasteiger partial charge is 0.327 e. The molecular formula is C9H15ClO3. The van der Waals surface area contributed by atoms with Crippen molar-refractivity contribution in [3.05, 3.63) is 12.7 Å². The fraction of sp³-hybridized carbons (Fsp3) is 0.667. The average molecular weight is 207 g/mol. The Morgan fingerprint density at radius 1 is 1.69 bits per heavy atom. The van der Waals surface area contributed by atoms with E-state index in [0.29, 0.717) is 12.0 Å². The summed E-state index contributed by atoms with van der Waals surface area (Å²) in [7, 11) is 0. The lowest BCUT2D eigenvalue weighted by molar-refractivity contribution is -0.131. The Morgan fingerprint density at radius 3 is 2.54 bits per heavy atom. The van der Waals surface area contributed by atoms with Gasteiger partial charge in [-0.05, 0) is 19.3 Å². The molecule has 1 N–H and O–H groups in total. The van der Waals surface area contributed by atoms with Crippen LogP contribution in [0.25, 0.3) is 0 Å². The average Bonchev–Trinajstić information content (AvgIpc) is 2.20. The van der Waals surface area contributed by atoms with Gasteiger partial charge in [0.15, 0.2) is 0 Å². The number of carbonyl (C=O) groups is 1. The van der Waals surface area contributed by atoms with Gasteiger partial charge in [-0.1, -0.05) is 6.58 Å². The number of aliphatic carboxylic acids is 1. The topological polar surface area (TPSA) is 46.5 Å². The summed E-state index contributed by atoms with van der Waals surface area (Å²) in [5, 5.41) is 7.60. The highest BCUT2D eigenvalue weighted by molar-refractivity contribution is 6.18. The van der Waals surface area contributed by atoms with Gasteiger partial charge in [0.25, 0.3) is 0 Å². The van der Waals surface area contributed by atoms with E-state index >= 15 is 0 Å². The van der Waals surface area contributed by atoms with Crippen molar-refractivity contribution < 1.29 is 14.6 Å². The van der Waals surface area contributed by atoms with Crippen LogP contribution in [0.15, 0.2) is 12.7 Å². The molecule has 0 aromatic heterocycles. The minimum Gasteiger partial charge on any atom is -0.478 e. The third kappa shape index (κ3) is 7.81. The maximum atomic E-state index is 9.25. The van der Waals surface area contributed by atoms with Gasteiger partial charge in [-0.25, -0.2) is 4.79 Å². The molecule has 4 heteroatoms. The van der Waals surface area contributed by atoms with Crippen molar-refractivity contribution in [1.82, 2.24) is 0 Å². The largest absolute Gasteiger partial charge is 0.478 e. The minimum absolute atomic E-state index is 0.352. The lowest BCUT2D eigenvalue weighted by Crippen LogP contribution is -2.19. The van der Waals surface area contributed by atoms with Gasteiger partial charge >= 0.3 is 5.97 Å². The van der Waals surface area contributed by atoms with E-state index in [9.17, 15) is 4.79 Å². The second kappa shape index (κ2) is 8.08. The van der Waals surface area contributed by atoms with Gasteiger partial charge in [0.2, 0.25) is 0 Å². The van der Waals surface area contributed by atoms with Gasteiger partial charge < -0.3 is 9.84 Å². The molecule has 1 unspecified atom stereocenters. The van der Waals surface area contributed by atoms with Crippen molar-refractivity contribution in [1.29, 1.82) is 0 Å². The normalized spacial score (nSPS) is 21.2. The molecule has 0 spiro atoms. The van der Waals surface area contributed by atoms with Crippen LogP contribution in [-0.2, 0) is 9.53 Å². The van der Waals surface area contributed by atoms with E-state index < -0.39 is 5.97 Å². The minimum atomic E-state index is -0.981. The lowest BCUT2D eigenvalue weighted by Gasteiger charge is -2.19. The number of alkyl halides is 1. The second-order valence-corrected chi connectivity index (χ2v) is 2.99. The molecule has 0 aliphatic carbocycles. The van der Waals surface area contributed by atoms with Gasteiger partial charge in [0, 0.05) is 18.6 Å². The number of hydrogen-bond acceptors (Lipinski definition) is 2. The van der Waals surface area contributed by atoms with Crippen molar-refractivity contribution in [3.8, 4) is 0 Å². The summed E-state index contributed by atoms with van der Waals surface area (Å²) in [5.41, 5.74) is 0. The summed E-state index contributed by atoms with van der Waals surface area (Å²) in [6.45, 7) is 3.87. The predicted octanol–water partition coefficient (Wildman–Crippen LogP) is 2.05. The van der Waals surface area contributed by atoms with Crippen LogP contribution in [0.3, 0.4) is 0 Å². The fourth-order valence-corrected chi connectivity index (χ4v) is 1.17. The molecule has 0 aromatic rings. The maximum absolute atomic E-state index is 9.25. The van der Waals surface area contributed by atoms with Crippen molar-refractivity contribution >= 4 is 17.6 Å². The summed E-state index contributed by atoms with van der Waals surface area (Å²) in [6, 6.07) is 0. The Labute approximate surface area is 83.3 Å². The van der Waals surface area contributed by atoms with Gasteiger partial charge in [0.1, 0.15) is 0 Å². The molecule has 3 nitrogen and oxygen atoms in total. The molecule has 1 heterocycles. The van der Waals surface area contributed by atoms with Crippen LogP contribution in [0, 0.1) is 0 Å². The molecule has 76 valence electrons. The van der Waals surface area contributed by atoms with E-state index in [0.717, 1.165) is 19.1 Å². The highest BCUT2D eigenvalue weighted by atomic mass is 35.5. The Kier molecular flexibility index (Phi) is 7.74. The Balaban J connectivity index is 0.000000252. The van der Waals surface area contributed by atoms with E-state index in [1.54, 1.807) is 0 Å². The highest BCUT2D eigenvalue weighted by Crippen LogP contribution is 2.12. The number of carboxylic acids is 1. The summed E-state index contributed by atoms with van der Waals surface area (Å²) in [5.74, 6) is -0.315. The lowest BCUT2D eigenvalue weighted by atomic mass is 10.1. The van der Waals surface area contributed by atoms with Gasteiger partial charge in [-0.3, -0.25) is 0 Å². The first-order valence-corrected chi connectivity index (χ1v) is 4.77. The number of ether oxygens (including phenoxy) is 1. The number of rotatable bonds is 2. The molecule has 0 amide bonds. The molecule has 13 heavy (non-hydrogen) atoms. The number of hydrogen-bond donors (Lipinski definition) is 1. The zero-order valence-electron chi connectivity index (χ0n) is 7.54. The zero-order valence-corrected chi connectivity index (χ0v) is 8.29. The molecule has 1 aliphatic heterocycles. The van der Waals surface area contributed by atoms with Crippen LogP contribution < -0.4 is 0 Å². The Hall–Kier alpha value is -0.540. The van der Waals surface area contributed by atoms with E-state index in [-0.39, 0.29) is 0 Å². The first kappa shape index (κ1) is 12.5. The third-order valence-electron chi connectivity index (χ3n) is 1.62. The van der Waals surface area contributed by atoms with Crippen molar-refractivity contribution in [2.24, 2.45) is 0 Å². The summed E-state index contributed by atoms with van der Waals surface area (Å²) in [4.78, 5) is 9.25. The molecule has 0 saturated carbocycles.